The van der Waals surface area contributed by atoms with Crippen LogP contribution in [0.3, 0.4) is 0 Å². The second kappa shape index (κ2) is 5.67. The van der Waals surface area contributed by atoms with Crippen molar-refractivity contribution < 1.29 is 17.6 Å². The Morgan fingerprint density at radius 3 is 2.58 bits per heavy atom. The summed E-state index contributed by atoms with van der Waals surface area (Å²) in [5.41, 5.74) is 1.59. The lowest BCUT2D eigenvalue weighted by Crippen LogP contribution is -2.30. The molecule has 0 atom stereocenters. The molecule has 4 rings (SSSR count). The van der Waals surface area contributed by atoms with Crippen LogP contribution < -0.4 is 4.90 Å². The van der Waals surface area contributed by atoms with Crippen LogP contribution in [0.25, 0.3) is 11.6 Å². The molecule has 7 heteroatoms. The van der Waals surface area contributed by atoms with E-state index in [9.17, 15) is 13.2 Å². The van der Waals surface area contributed by atoms with E-state index in [4.69, 9.17) is 4.42 Å². The van der Waals surface area contributed by atoms with Gasteiger partial charge in [0.2, 0.25) is 5.89 Å². The SMILES string of the molecule is Fc1cc(N2CCc3oc(-c4ccccn4)nc3C2)cc(F)c1F. The Labute approximate surface area is 135 Å². The predicted molar refractivity (Wildman–Crippen MR) is 80.8 cm³/mol. The topological polar surface area (TPSA) is 42.2 Å². The Morgan fingerprint density at radius 2 is 1.88 bits per heavy atom. The van der Waals surface area contributed by atoms with Crippen LogP contribution in [0.1, 0.15) is 11.5 Å². The van der Waals surface area contributed by atoms with Crippen molar-refractivity contribution in [3.05, 3.63) is 65.4 Å². The fourth-order valence-corrected chi connectivity index (χ4v) is 2.74. The van der Waals surface area contributed by atoms with Gasteiger partial charge in [0.05, 0.1) is 6.54 Å². The number of aromatic nitrogens is 2. The maximum atomic E-state index is 13.4. The second-order valence-corrected chi connectivity index (χ2v) is 5.50. The Hall–Kier alpha value is -2.83. The summed E-state index contributed by atoms with van der Waals surface area (Å²) in [4.78, 5) is 10.4. The first-order chi connectivity index (χ1) is 11.6. The Kier molecular flexibility index (Phi) is 3.48. The van der Waals surface area contributed by atoms with E-state index in [-0.39, 0.29) is 5.69 Å². The third-order valence-corrected chi connectivity index (χ3v) is 3.95. The number of halogens is 3. The summed E-state index contributed by atoms with van der Waals surface area (Å²) >= 11 is 0. The number of rotatable bonds is 2. The summed E-state index contributed by atoms with van der Waals surface area (Å²) in [6.07, 6.45) is 2.19. The average molecular weight is 331 g/mol. The van der Waals surface area contributed by atoms with Gasteiger partial charge in [-0.2, -0.15) is 0 Å². The summed E-state index contributed by atoms with van der Waals surface area (Å²) in [6, 6.07) is 7.40. The summed E-state index contributed by atoms with van der Waals surface area (Å²) in [5, 5.41) is 0. The number of hydrogen-bond donors (Lipinski definition) is 0. The first kappa shape index (κ1) is 14.7. The number of anilines is 1. The summed E-state index contributed by atoms with van der Waals surface area (Å²) in [6.45, 7) is 0.824. The highest BCUT2D eigenvalue weighted by atomic mass is 19.2. The van der Waals surface area contributed by atoms with E-state index in [1.807, 2.05) is 6.07 Å². The molecule has 2 aromatic heterocycles. The molecule has 0 aliphatic carbocycles. The lowest BCUT2D eigenvalue weighted by atomic mass is 10.1. The van der Waals surface area contributed by atoms with E-state index >= 15 is 0 Å². The zero-order valence-electron chi connectivity index (χ0n) is 12.5. The lowest BCUT2D eigenvalue weighted by molar-refractivity contribution is 0.446. The minimum atomic E-state index is -1.46. The molecule has 3 heterocycles. The van der Waals surface area contributed by atoms with E-state index in [1.165, 1.54) is 0 Å². The van der Waals surface area contributed by atoms with Gasteiger partial charge in [-0.3, -0.25) is 4.98 Å². The van der Waals surface area contributed by atoms with Gasteiger partial charge in [-0.15, -0.1) is 0 Å². The lowest BCUT2D eigenvalue weighted by Gasteiger charge is -2.27. The van der Waals surface area contributed by atoms with Crippen LogP contribution >= 0.6 is 0 Å². The number of benzene rings is 1. The van der Waals surface area contributed by atoms with Crippen molar-refractivity contribution in [2.24, 2.45) is 0 Å². The van der Waals surface area contributed by atoms with E-state index in [0.717, 1.165) is 17.9 Å². The Balaban J connectivity index is 1.64. The first-order valence-electron chi connectivity index (χ1n) is 7.41. The molecule has 4 nitrogen and oxygen atoms in total. The molecule has 1 aliphatic heterocycles. The Bertz CT molecular complexity index is 872. The number of nitrogens with zero attached hydrogens (tertiary/aromatic N) is 3. The standard InChI is InChI=1S/C17H12F3N3O/c18-11-7-10(8-12(19)16(11)20)23-6-4-15-14(9-23)22-17(24-15)13-3-1-2-5-21-13/h1-3,5,7-8H,4,6,9H2. The van der Waals surface area contributed by atoms with Gasteiger partial charge < -0.3 is 9.32 Å². The van der Waals surface area contributed by atoms with Crippen molar-refractivity contribution in [2.45, 2.75) is 13.0 Å². The van der Waals surface area contributed by atoms with Crippen molar-refractivity contribution >= 4 is 5.69 Å². The average Bonchev–Trinajstić information content (AvgIpc) is 3.03. The van der Waals surface area contributed by atoms with Gasteiger partial charge in [0.15, 0.2) is 17.5 Å². The molecular weight excluding hydrogens is 319 g/mol. The molecule has 1 aromatic carbocycles. The molecule has 0 radical (unpaired) electrons. The summed E-state index contributed by atoms with van der Waals surface area (Å²) < 4.78 is 45.7. The smallest absolute Gasteiger partial charge is 0.245 e. The van der Waals surface area contributed by atoms with E-state index in [1.54, 1.807) is 23.2 Å². The molecule has 24 heavy (non-hydrogen) atoms. The molecular formula is C17H12F3N3O. The minimum Gasteiger partial charge on any atom is -0.439 e. The van der Waals surface area contributed by atoms with Gasteiger partial charge in [0, 0.05) is 37.0 Å². The number of hydrogen-bond acceptors (Lipinski definition) is 4. The second-order valence-electron chi connectivity index (χ2n) is 5.50. The Morgan fingerprint density at radius 1 is 1.08 bits per heavy atom. The highest BCUT2D eigenvalue weighted by Gasteiger charge is 2.24. The molecule has 0 bridgehead atoms. The van der Waals surface area contributed by atoms with Gasteiger partial charge >= 0.3 is 0 Å². The molecule has 0 N–H and O–H groups in total. The van der Waals surface area contributed by atoms with Crippen LogP contribution in [-0.4, -0.2) is 16.5 Å². The molecule has 0 fully saturated rings. The highest BCUT2D eigenvalue weighted by molar-refractivity contribution is 5.51. The van der Waals surface area contributed by atoms with Crippen LogP contribution in [0.2, 0.25) is 0 Å². The third kappa shape index (κ3) is 2.51. The van der Waals surface area contributed by atoms with E-state index in [0.29, 0.717) is 36.8 Å². The van der Waals surface area contributed by atoms with Crippen LogP contribution in [0.5, 0.6) is 0 Å². The van der Waals surface area contributed by atoms with E-state index < -0.39 is 17.5 Å². The zero-order valence-corrected chi connectivity index (χ0v) is 12.5. The zero-order chi connectivity index (χ0) is 16.7. The number of oxazole rings is 1. The van der Waals surface area contributed by atoms with Gasteiger partial charge in [0.25, 0.3) is 0 Å². The molecule has 0 saturated heterocycles. The van der Waals surface area contributed by atoms with Gasteiger partial charge in [-0.1, -0.05) is 6.07 Å². The van der Waals surface area contributed by atoms with E-state index in [2.05, 4.69) is 9.97 Å². The molecule has 0 spiro atoms. The normalized spacial score (nSPS) is 13.9. The molecule has 3 aromatic rings. The maximum absolute atomic E-state index is 13.4. The van der Waals surface area contributed by atoms with Crippen LogP contribution in [0.4, 0.5) is 18.9 Å². The monoisotopic (exact) mass is 331 g/mol. The minimum absolute atomic E-state index is 0.277. The van der Waals surface area contributed by atoms with Crippen LogP contribution in [-0.2, 0) is 13.0 Å². The fourth-order valence-electron chi connectivity index (χ4n) is 2.74. The number of fused-ring (bicyclic) bond motifs is 1. The third-order valence-electron chi connectivity index (χ3n) is 3.95. The molecule has 1 aliphatic rings. The first-order valence-corrected chi connectivity index (χ1v) is 7.41. The molecule has 0 saturated carbocycles. The molecule has 0 unspecified atom stereocenters. The quantitative estimate of drug-likeness (QED) is 0.671. The number of pyridine rings is 1. The van der Waals surface area contributed by atoms with Crippen molar-refractivity contribution in [2.75, 3.05) is 11.4 Å². The maximum Gasteiger partial charge on any atom is 0.245 e. The predicted octanol–water partition coefficient (Wildman–Crippen LogP) is 3.72. The van der Waals surface area contributed by atoms with Crippen molar-refractivity contribution in [1.29, 1.82) is 0 Å². The largest absolute Gasteiger partial charge is 0.439 e. The van der Waals surface area contributed by atoms with Gasteiger partial charge in [-0.25, -0.2) is 18.2 Å². The van der Waals surface area contributed by atoms with Crippen molar-refractivity contribution in [3.8, 4) is 11.6 Å². The van der Waals surface area contributed by atoms with Gasteiger partial charge in [-0.05, 0) is 12.1 Å². The molecule has 0 amide bonds. The van der Waals surface area contributed by atoms with Crippen molar-refractivity contribution in [1.82, 2.24) is 9.97 Å². The fraction of sp³-hybridized carbons (Fsp3) is 0.176. The summed E-state index contributed by atoms with van der Waals surface area (Å²) in [5.74, 6) is -2.72. The summed E-state index contributed by atoms with van der Waals surface area (Å²) in [7, 11) is 0. The van der Waals surface area contributed by atoms with Gasteiger partial charge in [0.1, 0.15) is 17.1 Å². The van der Waals surface area contributed by atoms with Crippen molar-refractivity contribution in [3.63, 3.8) is 0 Å². The van der Waals surface area contributed by atoms with Crippen LogP contribution in [0.15, 0.2) is 40.9 Å². The molecule has 122 valence electrons. The highest BCUT2D eigenvalue weighted by Crippen LogP contribution is 2.29. The van der Waals surface area contributed by atoms with Crippen LogP contribution in [0, 0.1) is 17.5 Å².